The maximum atomic E-state index is 11.9. The summed E-state index contributed by atoms with van der Waals surface area (Å²) in [6.45, 7) is 3.99. The Morgan fingerprint density at radius 3 is 2.75 bits per heavy atom. The number of nitro groups is 1. The smallest absolute Gasteiger partial charge is 0.299 e. The molecule has 1 amide bonds. The number of rotatable bonds is 6. The van der Waals surface area contributed by atoms with Gasteiger partial charge < -0.3 is 10.2 Å². The zero-order valence-corrected chi connectivity index (χ0v) is 11.1. The van der Waals surface area contributed by atoms with Gasteiger partial charge in [0.2, 0.25) is 0 Å². The van der Waals surface area contributed by atoms with Gasteiger partial charge in [-0.05, 0) is 25.6 Å². The predicted octanol–water partition coefficient (Wildman–Crippen LogP) is 1.12. The number of ketones is 1. The first-order valence-corrected chi connectivity index (χ1v) is 6.41. The number of benzene rings is 1. The van der Waals surface area contributed by atoms with E-state index in [4.69, 9.17) is 0 Å². The Hall–Kier alpha value is -2.28. The fraction of sp³-hybridized carbons (Fsp3) is 0.385. The Balaban J connectivity index is 2.20. The molecule has 0 spiro atoms. The molecule has 0 aromatic heterocycles. The van der Waals surface area contributed by atoms with E-state index >= 15 is 0 Å². The summed E-state index contributed by atoms with van der Waals surface area (Å²) in [5.41, 5.74) is 0.397. The molecule has 0 fully saturated rings. The van der Waals surface area contributed by atoms with Gasteiger partial charge in [0.1, 0.15) is 0 Å². The number of hydrogen-bond acceptors (Lipinski definition) is 5. The van der Waals surface area contributed by atoms with Crippen molar-refractivity contribution >= 4 is 23.1 Å². The van der Waals surface area contributed by atoms with Gasteiger partial charge >= 0.3 is 0 Å². The molecule has 1 aliphatic rings. The number of carbonyl (C=O) groups excluding carboxylic acids is 2. The summed E-state index contributed by atoms with van der Waals surface area (Å²) in [6, 6.07) is 3.94. The SMILES string of the molecule is CCNCCCN1C(=O)C(=O)c2cc([N+](=O)[O-])ccc21. The molecule has 1 N–H and O–H groups in total. The molecule has 0 radical (unpaired) electrons. The van der Waals surface area contributed by atoms with E-state index < -0.39 is 16.6 Å². The van der Waals surface area contributed by atoms with Gasteiger partial charge in [-0.2, -0.15) is 0 Å². The van der Waals surface area contributed by atoms with E-state index in [-0.39, 0.29) is 11.3 Å². The van der Waals surface area contributed by atoms with E-state index in [0.29, 0.717) is 18.7 Å². The molecular formula is C13H15N3O4. The Morgan fingerprint density at radius 1 is 1.35 bits per heavy atom. The topological polar surface area (TPSA) is 92.6 Å². The summed E-state index contributed by atoms with van der Waals surface area (Å²) >= 11 is 0. The van der Waals surface area contributed by atoms with Gasteiger partial charge in [0.15, 0.2) is 0 Å². The molecule has 0 atom stereocenters. The first kappa shape index (κ1) is 14.1. The molecule has 7 heteroatoms. The van der Waals surface area contributed by atoms with Crippen LogP contribution in [0, 0.1) is 10.1 Å². The predicted molar refractivity (Wildman–Crippen MR) is 72.9 cm³/mol. The van der Waals surface area contributed by atoms with Crippen LogP contribution in [0.3, 0.4) is 0 Å². The lowest BCUT2D eigenvalue weighted by molar-refractivity contribution is -0.384. The van der Waals surface area contributed by atoms with Crippen molar-refractivity contribution < 1.29 is 14.5 Å². The molecule has 7 nitrogen and oxygen atoms in total. The lowest BCUT2D eigenvalue weighted by Gasteiger charge is -2.16. The third-order valence-corrected chi connectivity index (χ3v) is 3.15. The third-order valence-electron chi connectivity index (χ3n) is 3.15. The second kappa shape index (κ2) is 5.79. The number of non-ortho nitro benzene ring substituents is 1. The van der Waals surface area contributed by atoms with Crippen molar-refractivity contribution in [1.29, 1.82) is 0 Å². The maximum Gasteiger partial charge on any atom is 0.299 e. The first-order chi connectivity index (χ1) is 9.56. The van der Waals surface area contributed by atoms with E-state index in [0.717, 1.165) is 13.1 Å². The average molecular weight is 277 g/mol. The standard InChI is InChI=1S/C13H15N3O4/c1-2-14-6-3-7-15-11-5-4-9(16(19)20)8-10(11)12(17)13(15)18/h4-5,8,14H,2-3,6-7H2,1H3. The van der Waals surface area contributed by atoms with Crippen molar-refractivity contribution in [2.24, 2.45) is 0 Å². The highest BCUT2D eigenvalue weighted by Gasteiger charge is 2.36. The molecule has 0 aliphatic carbocycles. The number of nitrogens with one attached hydrogen (secondary N) is 1. The fourth-order valence-corrected chi connectivity index (χ4v) is 2.16. The van der Waals surface area contributed by atoms with Crippen LogP contribution < -0.4 is 10.2 Å². The summed E-state index contributed by atoms with van der Waals surface area (Å²) in [7, 11) is 0. The minimum Gasteiger partial charge on any atom is -0.317 e. The quantitative estimate of drug-likeness (QED) is 0.364. The molecule has 1 heterocycles. The van der Waals surface area contributed by atoms with E-state index in [1.54, 1.807) is 0 Å². The minimum atomic E-state index is -0.674. The molecule has 106 valence electrons. The number of fused-ring (bicyclic) bond motifs is 1. The van der Waals surface area contributed by atoms with Crippen molar-refractivity contribution in [2.45, 2.75) is 13.3 Å². The highest BCUT2D eigenvalue weighted by Crippen LogP contribution is 2.31. The Labute approximate surface area is 115 Å². The Kier molecular flexibility index (Phi) is 4.09. The van der Waals surface area contributed by atoms with Gasteiger partial charge in [-0.1, -0.05) is 6.92 Å². The van der Waals surface area contributed by atoms with Crippen LogP contribution in [0.1, 0.15) is 23.7 Å². The molecule has 2 rings (SSSR count). The molecule has 20 heavy (non-hydrogen) atoms. The number of hydrogen-bond donors (Lipinski definition) is 1. The molecule has 1 aromatic carbocycles. The van der Waals surface area contributed by atoms with E-state index in [1.807, 2.05) is 6.92 Å². The second-order valence-corrected chi connectivity index (χ2v) is 4.45. The van der Waals surface area contributed by atoms with Crippen LogP contribution in [0.5, 0.6) is 0 Å². The van der Waals surface area contributed by atoms with Crippen LogP contribution in [0.25, 0.3) is 0 Å². The van der Waals surface area contributed by atoms with Gasteiger partial charge in [0, 0.05) is 18.7 Å². The van der Waals surface area contributed by atoms with Crippen molar-refractivity contribution in [3.63, 3.8) is 0 Å². The van der Waals surface area contributed by atoms with Crippen LogP contribution in [0.4, 0.5) is 11.4 Å². The molecule has 0 unspecified atom stereocenters. The molecule has 1 aromatic rings. The molecule has 0 saturated carbocycles. The van der Waals surface area contributed by atoms with E-state index in [2.05, 4.69) is 5.32 Å². The summed E-state index contributed by atoms with van der Waals surface area (Å²) in [4.78, 5) is 35.2. The minimum absolute atomic E-state index is 0.118. The monoisotopic (exact) mass is 277 g/mol. The van der Waals surface area contributed by atoms with E-state index in [9.17, 15) is 19.7 Å². The van der Waals surface area contributed by atoms with Crippen molar-refractivity contribution in [1.82, 2.24) is 5.32 Å². The zero-order chi connectivity index (χ0) is 14.7. The van der Waals surface area contributed by atoms with Gasteiger partial charge in [0.25, 0.3) is 17.4 Å². The van der Waals surface area contributed by atoms with Crippen molar-refractivity contribution in [3.8, 4) is 0 Å². The van der Waals surface area contributed by atoms with E-state index in [1.165, 1.54) is 23.1 Å². The Morgan fingerprint density at radius 2 is 2.10 bits per heavy atom. The molecule has 0 saturated heterocycles. The summed E-state index contributed by atoms with van der Waals surface area (Å²) < 4.78 is 0. The van der Waals surface area contributed by atoms with Gasteiger partial charge in [-0.15, -0.1) is 0 Å². The summed E-state index contributed by atoms with van der Waals surface area (Å²) in [5, 5.41) is 13.8. The maximum absolute atomic E-state index is 11.9. The van der Waals surface area contributed by atoms with Crippen molar-refractivity contribution in [2.75, 3.05) is 24.5 Å². The van der Waals surface area contributed by atoms with Gasteiger partial charge in [-0.25, -0.2) is 0 Å². The molecule has 1 aliphatic heterocycles. The number of Topliss-reactive ketones (excluding diaryl/α,β-unsaturated/α-hetero) is 1. The number of anilines is 1. The summed E-state index contributed by atoms with van der Waals surface area (Å²) in [6.07, 6.45) is 0.712. The largest absolute Gasteiger partial charge is 0.317 e. The zero-order valence-electron chi connectivity index (χ0n) is 11.1. The second-order valence-electron chi connectivity index (χ2n) is 4.45. The lowest BCUT2D eigenvalue weighted by atomic mass is 10.1. The Bertz CT molecular complexity index is 571. The normalized spacial score (nSPS) is 13.8. The highest BCUT2D eigenvalue weighted by atomic mass is 16.6. The van der Waals surface area contributed by atoms with Gasteiger partial charge in [0.05, 0.1) is 16.2 Å². The molecular weight excluding hydrogens is 262 g/mol. The number of amides is 1. The number of nitrogens with zero attached hydrogens (tertiary/aromatic N) is 2. The van der Waals surface area contributed by atoms with Gasteiger partial charge in [-0.3, -0.25) is 19.7 Å². The highest BCUT2D eigenvalue weighted by molar-refractivity contribution is 6.52. The third kappa shape index (κ3) is 2.53. The fourth-order valence-electron chi connectivity index (χ4n) is 2.16. The summed E-state index contributed by atoms with van der Waals surface area (Å²) in [5.74, 6) is -1.29. The number of nitro benzene ring substituents is 1. The van der Waals surface area contributed by atoms with Crippen LogP contribution in [-0.4, -0.2) is 36.2 Å². The first-order valence-electron chi connectivity index (χ1n) is 6.41. The lowest BCUT2D eigenvalue weighted by Crippen LogP contribution is -2.32. The van der Waals surface area contributed by atoms with Crippen LogP contribution in [0.15, 0.2) is 18.2 Å². The van der Waals surface area contributed by atoms with Crippen LogP contribution in [0.2, 0.25) is 0 Å². The number of carbonyl (C=O) groups is 2. The van der Waals surface area contributed by atoms with Crippen LogP contribution >= 0.6 is 0 Å². The molecule has 0 bridgehead atoms. The van der Waals surface area contributed by atoms with Crippen LogP contribution in [-0.2, 0) is 4.79 Å². The van der Waals surface area contributed by atoms with Crippen molar-refractivity contribution in [3.05, 3.63) is 33.9 Å². The average Bonchev–Trinajstić information content (AvgIpc) is 2.67.